The Kier molecular flexibility index (Phi) is 1.91. The van der Waals surface area contributed by atoms with Crippen LogP contribution in [0.1, 0.15) is 0 Å². The Morgan fingerprint density at radius 1 is 0.522 bits per heavy atom. The summed E-state index contributed by atoms with van der Waals surface area (Å²) in [6.45, 7) is 0. The van der Waals surface area contributed by atoms with Crippen LogP contribution in [-0.2, 0) is 0 Å². The first-order valence-corrected chi connectivity index (χ1v) is 7.87. The van der Waals surface area contributed by atoms with Gasteiger partial charge in [-0.15, -0.1) is 0 Å². The Labute approximate surface area is 132 Å². The zero-order valence-corrected chi connectivity index (χ0v) is 12.3. The van der Waals surface area contributed by atoms with Gasteiger partial charge in [0.1, 0.15) is 5.58 Å². The number of benzene rings is 5. The highest BCUT2D eigenvalue weighted by molar-refractivity contribution is 6.30. The Balaban J connectivity index is 2.01. The minimum absolute atomic E-state index is 0.980. The maximum Gasteiger partial charge on any atom is 0.141 e. The van der Waals surface area contributed by atoms with Gasteiger partial charge in [-0.05, 0) is 49.8 Å². The predicted molar refractivity (Wildman–Crippen MR) is 97.4 cm³/mol. The highest BCUT2D eigenvalue weighted by Gasteiger charge is 2.13. The molecule has 0 aliphatic rings. The maximum absolute atomic E-state index is 5.76. The van der Waals surface area contributed by atoms with E-state index >= 15 is 0 Å². The zero-order chi connectivity index (χ0) is 15.0. The van der Waals surface area contributed by atoms with E-state index in [9.17, 15) is 0 Å². The summed E-state index contributed by atoms with van der Waals surface area (Å²) in [5, 5.41) is 11.5. The first kappa shape index (κ1) is 11.5. The molecule has 0 bridgehead atoms. The normalized spacial score (nSPS) is 12.3. The van der Waals surface area contributed by atoms with Crippen LogP contribution in [0.2, 0.25) is 0 Å². The molecule has 106 valence electrons. The second-order valence-corrected chi connectivity index (χ2v) is 6.23. The third-order valence-electron chi connectivity index (χ3n) is 5.06. The average Bonchev–Trinajstić information content (AvgIpc) is 3.08. The topological polar surface area (TPSA) is 13.1 Å². The lowest BCUT2D eigenvalue weighted by atomic mass is 9.91. The van der Waals surface area contributed by atoms with Crippen LogP contribution in [0, 0.1) is 0 Å². The summed E-state index contributed by atoms with van der Waals surface area (Å²) in [6, 6.07) is 24.1. The number of furan rings is 1. The van der Waals surface area contributed by atoms with E-state index in [0.29, 0.717) is 0 Å². The van der Waals surface area contributed by atoms with Gasteiger partial charge in [-0.25, -0.2) is 0 Å². The number of hydrogen-bond acceptors (Lipinski definition) is 1. The molecule has 0 saturated carbocycles. The van der Waals surface area contributed by atoms with Crippen molar-refractivity contribution in [3.63, 3.8) is 0 Å². The van der Waals surface area contributed by atoms with Crippen molar-refractivity contribution in [1.82, 2.24) is 0 Å². The monoisotopic (exact) mass is 292 g/mol. The van der Waals surface area contributed by atoms with Crippen LogP contribution >= 0.6 is 0 Å². The van der Waals surface area contributed by atoms with E-state index in [1.165, 1.54) is 43.1 Å². The molecule has 0 unspecified atom stereocenters. The molecule has 1 heterocycles. The number of hydrogen-bond donors (Lipinski definition) is 0. The van der Waals surface area contributed by atoms with Gasteiger partial charge in [-0.3, -0.25) is 0 Å². The first-order chi connectivity index (χ1) is 11.4. The molecule has 0 amide bonds. The minimum atomic E-state index is 0.980. The highest BCUT2D eigenvalue weighted by Crippen LogP contribution is 2.40. The van der Waals surface area contributed by atoms with Gasteiger partial charge >= 0.3 is 0 Å². The maximum atomic E-state index is 5.76. The second kappa shape index (κ2) is 3.82. The van der Waals surface area contributed by atoms with Crippen molar-refractivity contribution in [2.24, 2.45) is 0 Å². The van der Waals surface area contributed by atoms with Crippen LogP contribution in [0.5, 0.6) is 0 Å². The van der Waals surface area contributed by atoms with Crippen LogP contribution in [0.3, 0.4) is 0 Å². The lowest BCUT2D eigenvalue weighted by Crippen LogP contribution is -1.85. The fraction of sp³-hybridized carbons (Fsp3) is 0. The Morgan fingerprint density at radius 2 is 1.26 bits per heavy atom. The van der Waals surface area contributed by atoms with Crippen LogP contribution in [-0.4, -0.2) is 0 Å². The molecule has 0 aliphatic heterocycles. The molecule has 0 atom stereocenters. The van der Waals surface area contributed by atoms with E-state index in [0.717, 1.165) is 11.0 Å². The predicted octanol–water partition coefficient (Wildman–Crippen LogP) is 6.48. The molecular formula is C22H12O. The SMILES string of the molecule is c1cc2ccc3cc4c(ccc5ccoc54)c4ccc(c1)c2c34. The first-order valence-electron chi connectivity index (χ1n) is 7.87. The molecular weight excluding hydrogens is 280 g/mol. The van der Waals surface area contributed by atoms with Crippen LogP contribution in [0.15, 0.2) is 77.4 Å². The van der Waals surface area contributed by atoms with Gasteiger partial charge in [0, 0.05) is 10.8 Å². The van der Waals surface area contributed by atoms with E-state index in [1.807, 2.05) is 6.07 Å². The molecule has 5 aromatic carbocycles. The Hall–Kier alpha value is -3.06. The minimum Gasteiger partial charge on any atom is -0.464 e. The Bertz CT molecular complexity index is 1340. The van der Waals surface area contributed by atoms with Crippen molar-refractivity contribution in [2.45, 2.75) is 0 Å². The molecule has 0 spiro atoms. The van der Waals surface area contributed by atoms with E-state index in [4.69, 9.17) is 4.42 Å². The molecule has 1 nitrogen and oxygen atoms in total. The van der Waals surface area contributed by atoms with Gasteiger partial charge in [0.2, 0.25) is 0 Å². The van der Waals surface area contributed by atoms with Crippen molar-refractivity contribution in [3.05, 3.63) is 73.0 Å². The number of fused-ring (bicyclic) bond motifs is 4. The summed E-state index contributed by atoms with van der Waals surface area (Å²) in [4.78, 5) is 0. The summed E-state index contributed by atoms with van der Waals surface area (Å²) in [5.41, 5.74) is 0.980. The van der Waals surface area contributed by atoms with Gasteiger partial charge in [-0.2, -0.15) is 0 Å². The van der Waals surface area contributed by atoms with E-state index in [2.05, 4.69) is 60.7 Å². The summed E-state index contributed by atoms with van der Waals surface area (Å²) in [6.07, 6.45) is 1.77. The van der Waals surface area contributed by atoms with Gasteiger partial charge in [0.05, 0.1) is 6.26 Å². The fourth-order valence-corrected chi connectivity index (χ4v) is 4.04. The van der Waals surface area contributed by atoms with Gasteiger partial charge in [0.15, 0.2) is 0 Å². The third-order valence-corrected chi connectivity index (χ3v) is 5.06. The third kappa shape index (κ3) is 1.33. The second-order valence-electron chi connectivity index (χ2n) is 6.23. The van der Waals surface area contributed by atoms with Crippen molar-refractivity contribution in [3.8, 4) is 0 Å². The summed E-state index contributed by atoms with van der Waals surface area (Å²) < 4.78 is 5.76. The van der Waals surface area contributed by atoms with Crippen molar-refractivity contribution in [2.75, 3.05) is 0 Å². The smallest absolute Gasteiger partial charge is 0.141 e. The van der Waals surface area contributed by atoms with E-state index < -0.39 is 0 Å². The molecule has 6 aromatic rings. The summed E-state index contributed by atoms with van der Waals surface area (Å²) in [7, 11) is 0. The molecule has 0 aliphatic carbocycles. The average molecular weight is 292 g/mol. The quantitative estimate of drug-likeness (QED) is 0.230. The molecule has 6 rings (SSSR count). The van der Waals surface area contributed by atoms with Gasteiger partial charge < -0.3 is 4.42 Å². The molecule has 0 fully saturated rings. The van der Waals surface area contributed by atoms with Crippen LogP contribution < -0.4 is 0 Å². The van der Waals surface area contributed by atoms with Crippen LogP contribution in [0.4, 0.5) is 0 Å². The molecule has 23 heavy (non-hydrogen) atoms. The summed E-state index contributed by atoms with van der Waals surface area (Å²) >= 11 is 0. The van der Waals surface area contributed by atoms with Crippen molar-refractivity contribution >= 4 is 54.1 Å². The molecule has 0 N–H and O–H groups in total. The highest BCUT2D eigenvalue weighted by atomic mass is 16.3. The molecule has 0 radical (unpaired) electrons. The standard InChI is InChI=1S/C22H12O/c1-2-13-4-5-16-12-19-17(8-7-15-10-11-23-22(15)19)18-9-6-14(3-1)20(13)21(16)18/h1-12H. The Morgan fingerprint density at radius 3 is 2.17 bits per heavy atom. The van der Waals surface area contributed by atoms with Crippen LogP contribution in [0.25, 0.3) is 54.1 Å². The van der Waals surface area contributed by atoms with E-state index in [1.54, 1.807) is 6.26 Å². The largest absolute Gasteiger partial charge is 0.464 e. The van der Waals surface area contributed by atoms with Gasteiger partial charge in [0.25, 0.3) is 0 Å². The number of rotatable bonds is 0. The van der Waals surface area contributed by atoms with Crippen molar-refractivity contribution < 1.29 is 4.42 Å². The lowest BCUT2D eigenvalue weighted by molar-refractivity contribution is 0.619. The van der Waals surface area contributed by atoms with Crippen molar-refractivity contribution in [1.29, 1.82) is 0 Å². The molecule has 1 aromatic heterocycles. The van der Waals surface area contributed by atoms with E-state index in [-0.39, 0.29) is 0 Å². The zero-order valence-electron chi connectivity index (χ0n) is 12.3. The fourth-order valence-electron chi connectivity index (χ4n) is 4.04. The molecule has 0 saturated heterocycles. The lowest BCUT2D eigenvalue weighted by Gasteiger charge is -2.13. The summed E-state index contributed by atoms with van der Waals surface area (Å²) in [5.74, 6) is 0. The molecule has 1 heteroatoms. The van der Waals surface area contributed by atoms with Gasteiger partial charge in [-0.1, -0.05) is 54.6 Å².